The van der Waals surface area contributed by atoms with Crippen LogP contribution in [0.15, 0.2) is 17.5 Å². The number of anilines is 3. The lowest BCUT2D eigenvalue weighted by atomic mass is 9.88. The maximum atomic E-state index is 6.32. The number of ether oxygens (including phenoxy) is 3. The minimum absolute atomic E-state index is 0.440. The molecule has 7 nitrogen and oxygen atoms in total. The van der Waals surface area contributed by atoms with Crippen molar-refractivity contribution in [2.75, 3.05) is 32.4 Å². The van der Waals surface area contributed by atoms with Gasteiger partial charge in [-0.25, -0.2) is 9.97 Å². The Morgan fingerprint density at radius 2 is 1.37 bits per heavy atom. The molecule has 0 fully saturated rings. The maximum absolute atomic E-state index is 6.32. The van der Waals surface area contributed by atoms with Crippen LogP contribution in [0.3, 0.4) is 0 Å². The fourth-order valence-corrected chi connectivity index (χ4v) is 6.01. The van der Waals surface area contributed by atoms with E-state index in [0.717, 1.165) is 21.3 Å². The predicted molar refractivity (Wildman–Crippen MR) is 146 cm³/mol. The summed E-state index contributed by atoms with van der Waals surface area (Å²) in [5.41, 5.74) is 15.7. The summed E-state index contributed by atoms with van der Waals surface area (Å²) in [7, 11) is 4.74. The first-order valence-corrected chi connectivity index (χ1v) is 12.8. The van der Waals surface area contributed by atoms with Crippen molar-refractivity contribution in [3.8, 4) is 38.4 Å². The molecule has 0 radical (unpaired) electrons. The quantitative estimate of drug-likeness (QED) is 0.282. The van der Waals surface area contributed by atoms with E-state index in [2.05, 4.69) is 50.3 Å². The monoisotopic (exact) mass is 510 g/mol. The molecule has 0 aliphatic rings. The molecule has 0 amide bonds. The van der Waals surface area contributed by atoms with E-state index in [9.17, 15) is 0 Å². The highest BCUT2D eigenvalue weighted by Crippen LogP contribution is 2.43. The highest BCUT2D eigenvalue weighted by Gasteiger charge is 2.20. The largest absolute Gasteiger partial charge is 0.493 e. The summed E-state index contributed by atoms with van der Waals surface area (Å²) in [6.45, 7) is 10.9. The minimum atomic E-state index is 0.440. The number of rotatable bonds is 7. The van der Waals surface area contributed by atoms with Crippen molar-refractivity contribution in [1.29, 1.82) is 0 Å². The number of nitrogens with one attached hydrogen (secondary N) is 1. The SMILES string of the molecule is COc1cc(Nc2nc(N)c(-c3nc(-c4c(C)c(C)c(C)c(C)c4C)cs3)s2)cc(OC)c1OC. The molecule has 0 bridgehead atoms. The molecule has 0 unspecified atom stereocenters. The third-order valence-electron chi connectivity index (χ3n) is 6.52. The van der Waals surface area contributed by atoms with Crippen LogP contribution in [0.2, 0.25) is 0 Å². The Hall–Kier alpha value is -3.30. The number of aromatic nitrogens is 2. The Morgan fingerprint density at radius 3 is 1.91 bits per heavy atom. The Labute approximate surface area is 213 Å². The van der Waals surface area contributed by atoms with Gasteiger partial charge in [0.15, 0.2) is 16.6 Å². The van der Waals surface area contributed by atoms with Crippen LogP contribution in [0.5, 0.6) is 17.2 Å². The van der Waals surface area contributed by atoms with Crippen LogP contribution in [-0.4, -0.2) is 31.3 Å². The maximum Gasteiger partial charge on any atom is 0.203 e. The number of nitrogens with two attached hydrogens (primary N) is 1. The zero-order chi connectivity index (χ0) is 25.4. The van der Waals surface area contributed by atoms with Crippen molar-refractivity contribution in [2.45, 2.75) is 34.6 Å². The highest BCUT2D eigenvalue weighted by atomic mass is 32.1. The molecule has 3 N–H and O–H groups in total. The van der Waals surface area contributed by atoms with Crippen molar-refractivity contribution in [1.82, 2.24) is 9.97 Å². The fraction of sp³-hybridized carbons (Fsp3) is 0.308. The van der Waals surface area contributed by atoms with Gasteiger partial charge in [-0.2, -0.15) is 0 Å². The molecule has 2 aromatic heterocycles. The lowest BCUT2D eigenvalue weighted by Crippen LogP contribution is -1.99. The minimum Gasteiger partial charge on any atom is -0.493 e. The van der Waals surface area contributed by atoms with Crippen LogP contribution >= 0.6 is 22.7 Å². The average molecular weight is 511 g/mol. The molecule has 0 aliphatic heterocycles. The van der Waals surface area contributed by atoms with Crippen LogP contribution in [0.4, 0.5) is 16.6 Å². The zero-order valence-corrected chi connectivity index (χ0v) is 22.9. The Kier molecular flexibility index (Phi) is 6.91. The molecule has 184 valence electrons. The van der Waals surface area contributed by atoms with Crippen LogP contribution in [0.1, 0.15) is 27.8 Å². The molecule has 0 saturated heterocycles. The van der Waals surface area contributed by atoms with Gasteiger partial charge in [-0.05, 0) is 62.4 Å². The molecule has 4 aromatic rings. The number of methoxy groups -OCH3 is 3. The lowest BCUT2D eigenvalue weighted by Gasteiger charge is -2.17. The van der Waals surface area contributed by atoms with Gasteiger partial charge in [-0.1, -0.05) is 11.3 Å². The van der Waals surface area contributed by atoms with Gasteiger partial charge in [0.2, 0.25) is 5.75 Å². The van der Waals surface area contributed by atoms with Gasteiger partial charge in [-0.3, -0.25) is 0 Å². The van der Waals surface area contributed by atoms with E-state index in [4.69, 9.17) is 24.9 Å². The lowest BCUT2D eigenvalue weighted by molar-refractivity contribution is 0.324. The summed E-state index contributed by atoms with van der Waals surface area (Å²) in [4.78, 5) is 10.3. The summed E-state index contributed by atoms with van der Waals surface area (Å²) in [6, 6.07) is 3.65. The number of thiazole rings is 2. The summed E-state index contributed by atoms with van der Waals surface area (Å²) in [6.07, 6.45) is 0. The number of nitrogens with zero attached hydrogens (tertiary/aromatic N) is 2. The van der Waals surface area contributed by atoms with Crippen molar-refractivity contribution in [2.24, 2.45) is 0 Å². The normalized spacial score (nSPS) is 11.0. The van der Waals surface area contributed by atoms with Crippen LogP contribution < -0.4 is 25.3 Å². The van der Waals surface area contributed by atoms with Crippen LogP contribution in [0, 0.1) is 34.6 Å². The molecule has 0 spiro atoms. The van der Waals surface area contributed by atoms with Gasteiger partial charge < -0.3 is 25.3 Å². The number of hydrogen-bond acceptors (Lipinski definition) is 9. The molecule has 0 atom stereocenters. The molecule has 35 heavy (non-hydrogen) atoms. The number of benzene rings is 2. The van der Waals surface area contributed by atoms with Gasteiger partial charge in [0.1, 0.15) is 15.7 Å². The molecule has 9 heteroatoms. The Bertz CT molecular complexity index is 1350. The third-order valence-corrected chi connectivity index (χ3v) is 8.51. The van der Waals surface area contributed by atoms with Crippen molar-refractivity contribution >= 4 is 39.3 Å². The van der Waals surface area contributed by atoms with E-state index in [1.807, 2.05) is 12.1 Å². The highest BCUT2D eigenvalue weighted by molar-refractivity contribution is 7.23. The summed E-state index contributed by atoms with van der Waals surface area (Å²) in [5, 5.41) is 6.90. The van der Waals surface area contributed by atoms with Gasteiger partial charge in [0, 0.05) is 28.8 Å². The fourth-order valence-electron chi connectivity index (χ4n) is 4.19. The Morgan fingerprint density at radius 1 is 0.800 bits per heavy atom. The zero-order valence-electron chi connectivity index (χ0n) is 21.2. The first-order valence-electron chi connectivity index (χ1n) is 11.1. The van der Waals surface area contributed by atoms with Crippen LogP contribution in [-0.2, 0) is 0 Å². The molecule has 0 saturated carbocycles. The smallest absolute Gasteiger partial charge is 0.203 e. The van der Waals surface area contributed by atoms with Crippen molar-refractivity contribution in [3.63, 3.8) is 0 Å². The topological polar surface area (TPSA) is 91.5 Å². The third kappa shape index (κ3) is 4.41. The van der Waals surface area contributed by atoms with E-state index >= 15 is 0 Å². The number of nitrogen functional groups attached to an aromatic ring is 1. The summed E-state index contributed by atoms with van der Waals surface area (Å²) < 4.78 is 16.3. The first-order chi connectivity index (χ1) is 16.7. The second-order valence-electron chi connectivity index (χ2n) is 8.31. The van der Waals surface area contributed by atoms with Gasteiger partial charge in [0.05, 0.1) is 27.0 Å². The first kappa shape index (κ1) is 24.8. The molecule has 2 aromatic carbocycles. The van der Waals surface area contributed by atoms with E-state index in [1.54, 1.807) is 32.7 Å². The van der Waals surface area contributed by atoms with Gasteiger partial charge in [-0.15, -0.1) is 11.3 Å². The average Bonchev–Trinajstić information content (AvgIpc) is 3.47. The van der Waals surface area contributed by atoms with Gasteiger partial charge >= 0.3 is 0 Å². The van der Waals surface area contributed by atoms with E-state index in [-0.39, 0.29) is 0 Å². The van der Waals surface area contributed by atoms with Crippen LogP contribution in [0.25, 0.3) is 21.1 Å². The van der Waals surface area contributed by atoms with Gasteiger partial charge in [0.25, 0.3) is 0 Å². The molecule has 2 heterocycles. The molecular formula is C26H30N4O3S2. The molecule has 4 rings (SSSR count). The second kappa shape index (κ2) is 9.75. The molecule has 0 aliphatic carbocycles. The van der Waals surface area contributed by atoms with Crippen molar-refractivity contribution in [3.05, 3.63) is 45.3 Å². The van der Waals surface area contributed by atoms with Crippen molar-refractivity contribution < 1.29 is 14.2 Å². The standard InChI is InChI=1S/C26H30N4O3S2/c1-12-13(2)15(4)21(16(5)14(12)3)18-11-34-25(29-18)23-24(27)30-26(35-23)28-17-9-19(31-6)22(33-8)20(10-17)32-7/h9-11H,27H2,1-8H3,(H,28,30). The van der Waals surface area contributed by atoms with E-state index in [0.29, 0.717) is 28.2 Å². The second-order valence-corrected chi connectivity index (χ2v) is 10.2. The predicted octanol–water partition coefficient (Wildman–Crippen LogP) is 6.83. The molecular weight excluding hydrogens is 480 g/mol. The summed E-state index contributed by atoms with van der Waals surface area (Å²) in [5.74, 6) is 2.08. The van der Waals surface area contributed by atoms with E-state index < -0.39 is 0 Å². The Balaban J connectivity index is 1.68. The number of hydrogen-bond donors (Lipinski definition) is 2. The summed E-state index contributed by atoms with van der Waals surface area (Å²) >= 11 is 3.03. The van der Waals surface area contributed by atoms with E-state index in [1.165, 1.54) is 44.7 Å².